The van der Waals surface area contributed by atoms with Gasteiger partial charge in [0, 0.05) is 32.8 Å². The van der Waals surface area contributed by atoms with Crippen molar-refractivity contribution in [2.24, 2.45) is 11.7 Å². The van der Waals surface area contributed by atoms with Crippen molar-refractivity contribution >= 4 is 0 Å². The molecule has 0 aliphatic carbocycles. The van der Waals surface area contributed by atoms with Crippen molar-refractivity contribution in [3.05, 3.63) is 0 Å². The van der Waals surface area contributed by atoms with E-state index in [2.05, 4.69) is 11.8 Å². The van der Waals surface area contributed by atoms with Gasteiger partial charge in [-0.3, -0.25) is 0 Å². The Labute approximate surface area is 81.2 Å². The van der Waals surface area contributed by atoms with Crippen molar-refractivity contribution in [1.29, 1.82) is 0 Å². The second kappa shape index (κ2) is 5.58. The Kier molecular flexibility index (Phi) is 4.70. The van der Waals surface area contributed by atoms with Crippen LogP contribution in [-0.4, -0.2) is 44.3 Å². The Hall–Kier alpha value is -0.120. The van der Waals surface area contributed by atoms with Crippen molar-refractivity contribution in [3.8, 4) is 0 Å². The first-order valence-electron chi connectivity index (χ1n) is 5.21. The summed E-state index contributed by atoms with van der Waals surface area (Å²) in [4.78, 5) is 2.52. The van der Waals surface area contributed by atoms with E-state index in [1.165, 1.54) is 13.0 Å². The summed E-state index contributed by atoms with van der Waals surface area (Å²) in [5.41, 5.74) is 5.66. The van der Waals surface area contributed by atoms with Crippen LogP contribution in [0.1, 0.15) is 19.8 Å². The predicted molar refractivity (Wildman–Crippen MR) is 54.7 cm³/mol. The molecule has 1 heterocycles. The van der Waals surface area contributed by atoms with Gasteiger partial charge in [0.25, 0.3) is 0 Å². The van der Waals surface area contributed by atoms with Gasteiger partial charge in [-0.2, -0.15) is 0 Å². The molecular weight excluding hydrogens is 164 g/mol. The monoisotopic (exact) mass is 186 g/mol. The molecule has 1 aliphatic rings. The Morgan fingerprint density at radius 1 is 1.54 bits per heavy atom. The van der Waals surface area contributed by atoms with Crippen molar-refractivity contribution in [1.82, 2.24) is 4.90 Å². The van der Waals surface area contributed by atoms with E-state index in [0.29, 0.717) is 6.04 Å². The third kappa shape index (κ3) is 3.25. The molecule has 1 saturated heterocycles. The largest absolute Gasteiger partial charge is 0.385 e. The van der Waals surface area contributed by atoms with Gasteiger partial charge in [-0.15, -0.1) is 0 Å². The van der Waals surface area contributed by atoms with E-state index in [4.69, 9.17) is 10.5 Å². The van der Waals surface area contributed by atoms with Gasteiger partial charge in [-0.05, 0) is 32.2 Å². The summed E-state index contributed by atoms with van der Waals surface area (Å²) in [6.45, 7) is 6.34. The van der Waals surface area contributed by atoms with Crippen LogP contribution < -0.4 is 5.73 Å². The van der Waals surface area contributed by atoms with Gasteiger partial charge in [0.2, 0.25) is 0 Å². The first-order valence-corrected chi connectivity index (χ1v) is 5.21. The lowest BCUT2D eigenvalue weighted by molar-refractivity contribution is 0.169. The molecule has 0 spiro atoms. The van der Waals surface area contributed by atoms with E-state index < -0.39 is 0 Å². The number of ether oxygens (including phenoxy) is 1. The molecular formula is C10H22N2O. The molecule has 1 rings (SSSR count). The van der Waals surface area contributed by atoms with E-state index in [-0.39, 0.29) is 0 Å². The van der Waals surface area contributed by atoms with Crippen LogP contribution in [0.2, 0.25) is 0 Å². The van der Waals surface area contributed by atoms with E-state index in [1.807, 2.05) is 0 Å². The van der Waals surface area contributed by atoms with Gasteiger partial charge in [0.05, 0.1) is 0 Å². The maximum absolute atomic E-state index is 5.66. The predicted octanol–water partition coefficient (Wildman–Crippen LogP) is 0.692. The Morgan fingerprint density at radius 2 is 2.31 bits per heavy atom. The molecule has 0 radical (unpaired) electrons. The normalized spacial score (nSPS) is 29.8. The molecule has 1 fully saturated rings. The Bertz CT molecular complexity index is 141. The highest BCUT2D eigenvalue weighted by Gasteiger charge is 2.27. The number of nitrogens with two attached hydrogens (primary N) is 1. The molecule has 0 amide bonds. The van der Waals surface area contributed by atoms with E-state index in [0.717, 1.165) is 32.0 Å². The summed E-state index contributed by atoms with van der Waals surface area (Å²) in [6, 6.07) is 0.713. The maximum atomic E-state index is 5.66. The molecule has 0 aromatic rings. The highest BCUT2D eigenvalue weighted by Crippen LogP contribution is 2.21. The van der Waals surface area contributed by atoms with Crippen molar-refractivity contribution in [2.45, 2.75) is 25.8 Å². The average Bonchev–Trinajstić information content (AvgIpc) is 2.48. The molecule has 78 valence electrons. The van der Waals surface area contributed by atoms with Crippen LogP contribution in [0, 0.1) is 5.92 Å². The second-order valence-corrected chi connectivity index (χ2v) is 4.03. The van der Waals surface area contributed by atoms with E-state index >= 15 is 0 Å². The lowest BCUT2D eigenvalue weighted by atomic mass is 10.1. The van der Waals surface area contributed by atoms with Gasteiger partial charge >= 0.3 is 0 Å². The number of methoxy groups -OCH3 is 1. The van der Waals surface area contributed by atoms with Crippen LogP contribution >= 0.6 is 0 Å². The van der Waals surface area contributed by atoms with Crippen LogP contribution in [0.4, 0.5) is 0 Å². The molecule has 0 aromatic carbocycles. The van der Waals surface area contributed by atoms with Gasteiger partial charge in [0.15, 0.2) is 0 Å². The highest BCUT2D eigenvalue weighted by atomic mass is 16.5. The Morgan fingerprint density at radius 3 is 2.85 bits per heavy atom. The molecule has 1 aliphatic heterocycles. The van der Waals surface area contributed by atoms with Crippen molar-refractivity contribution in [2.75, 3.05) is 33.4 Å². The molecule has 0 saturated carbocycles. The summed E-state index contributed by atoms with van der Waals surface area (Å²) < 4.78 is 5.04. The quantitative estimate of drug-likeness (QED) is 0.642. The van der Waals surface area contributed by atoms with E-state index in [9.17, 15) is 0 Å². The van der Waals surface area contributed by atoms with E-state index in [1.54, 1.807) is 7.11 Å². The highest BCUT2D eigenvalue weighted by molar-refractivity contribution is 4.82. The fourth-order valence-electron chi connectivity index (χ4n) is 2.11. The summed E-state index contributed by atoms with van der Waals surface area (Å²) in [5.74, 6) is 0.720. The zero-order chi connectivity index (χ0) is 9.68. The lowest BCUT2D eigenvalue weighted by Gasteiger charge is -2.20. The Balaban J connectivity index is 2.18. The molecule has 13 heavy (non-hydrogen) atoms. The summed E-state index contributed by atoms with van der Waals surface area (Å²) >= 11 is 0. The molecule has 0 aromatic heterocycles. The van der Waals surface area contributed by atoms with Gasteiger partial charge < -0.3 is 15.4 Å². The maximum Gasteiger partial charge on any atom is 0.0474 e. The minimum atomic E-state index is 0.713. The fraction of sp³-hybridized carbons (Fsp3) is 1.00. The number of nitrogens with zero attached hydrogens (tertiary/aromatic N) is 1. The average molecular weight is 186 g/mol. The zero-order valence-corrected chi connectivity index (χ0v) is 8.83. The lowest BCUT2D eigenvalue weighted by Crippen LogP contribution is -2.29. The molecule has 2 unspecified atom stereocenters. The number of likely N-dealkylation sites (tertiary alicyclic amines) is 1. The number of hydrogen-bond donors (Lipinski definition) is 1. The van der Waals surface area contributed by atoms with Crippen molar-refractivity contribution in [3.63, 3.8) is 0 Å². The van der Waals surface area contributed by atoms with Crippen LogP contribution in [0.5, 0.6) is 0 Å². The van der Waals surface area contributed by atoms with Gasteiger partial charge in [-0.1, -0.05) is 0 Å². The van der Waals surface area contributed by atoms with Crippen LogP contribution in [-0.2, 0) is 4.74 Å². The summed E-state index contributed by atoms with van der Waals surface area (Å²) in [7, 11) is 1.76. The van der Waals surface area contributed by atoms with Crippen LogP contribution in [0.25, 0.3) is 0 Å². The minimum Gasteiger partial charge on any atom is -0.385 e. The first kappa shape index (κ1) is 11.0. The van der Waals surface area contributed by atoms with Crippen LogP contribution in [0.15, 0.2) is 0 Å². The van der Waals surface area contributed by atoms with Gasteiger partial charge in [0.1, 0.15) is 0 Å². The first-order chi connectivity index (χ1) is 6.27. The number of rotatable bonds is 5. The third-order valence-electron chi connectivity index (χ3n) is 2.92. The summed E-state index contributed by atoms with van der Waals surface area (Å²) in [5, 5.41) is 0. The zero-order valence-electron chi connectivity index (χ0n) is 8.83. The molecule has 2 N–H and O–H groups in total. The summed E-state index contributed by atoms with van der Waals surface area (Å²) in [6.07, 6.45) is 2.40. The fourth-order valence-corrected chi connectivity index (χ4v) is 2.11. The van der Waals surface area contributed by atoms with Gasteiger partial charge in [-0.25, -0.2) is 0 Å². The molecule has 2 atom stereocenters. The smallest absolute Gasteiger partial charge is 0.0474 e. The van der Waals surface area contributed by atoms with Crippen molar-refractivity contribution < 1.29 is 4.74 Å². The number of hydrogen-bond acceptors (Lipinski definition) is 3. The second-order valence-electron chi connectivity index (χ2n) is 4.03. The van der Waals surface area contributed by atoms with Crippen LogP contribution in [0.3, 0.4) is 0 Å². The molecule has 0 bridgehead atoms. The molecule has 3 heteroatoms. The standard InChI is InChI=1S/C10H22N2O/c1-9-6-10(7-11)8-12(9)4-3-5-13-2/h9-10H,3-8,11H2,1-2H3. The topological polar surface area (TPSA) is 38.5 Å². The molecule has 3 nitrogen and oxygen atoms in total. The minimum absolute atomic E-state index is 0.713. The SMILES string of the molecule is COCCCN1CC(CN)CC1C. The third-order valence-corrected chi connectivity index (χ3v) is 2.92.